The van der Waals surface area contributed by atoms with E-state index in [0.717, 1.165) is 17.6 Å². The van der Waals surface area contributed by atoms with Gasteiger partial charge in [0, 0.05) is 24.3 Å². The van der Waals surface area contributed by atoms with Gasteiger partial charge in [-0.25, -0.2) is 0 Å². The predicted octanol–water partition coefficient (Wildman–Crippen LogP) is 2.84. The van der Waals surface area contributed by atoms with E-state index >= 15 is 0 Å². The largest absolute Gasteiger partial charge is 0.388 e. The summed E-state index contributed by atoms with van der Waals surface area (Å²) >= 11 is 0. The molecule has 1 N–H and O–H groups in total. The van der Waals surface area contributed by atoms with Gasteiger partial charge in [-0.05, 0) is 30.2 Å². The third-order valence-corrected chi connectivity index (χ3v) is 2.48. The minimum atomic E-state index is 1.05. The second-order valence-corrected chi connectivity index (χ2v) is 3.31. The fourth-order valence-electron chi connectivity index (χ4n) is 1.63. The molecule has 14 heavy (non-hydrogen) atoms. The Labute approximate surface area is 84.0 Å². The number of fused-ring (bicyclic) bond motifs is 1. The molecule has 0 atom stereocenters. The van der Waals surface area contributed by atoms with E-state index in [-0.39, 0.29) is 0 Å². The molecule has 0 aliphatic carbocycles. The van der Waals surface area contributed by atoms with Crippen molar-refractivity contribution >= 4 is 16.6 Å². The van der Waals surface area contributed by atoms with Crippen molar-refractivity contribution in [2.45, 2.75) is 13.3 Å². The number of anilines is 1. The Morgan fingerprint density at radius 3 is 2.86 bits per heavy atom. The van der Waals surface area contributed by atoms with Crippen molar-refractivity contribution in [2.75, 3.05) is 12.4 Å². The molecule has 0 aliphatic heterocycles. The van der Waals surface area contributed by atoms with E-state index in [9.17, 15) is 0 Å². The Kier molecular flexibility index (Phi) is 2.35. The minimum absolute atomic E-state index is 1.05. The van der Waals surface area contributed by atoms with E-state index in [0.29, 0.717) is 0 Å². The van der Waals surface area contributed by atoms with E-state index in [1.807, 2.05) is 19.3 Å². The summed E-state index contributed by atoms with van der Waals surface area (Å²) in [6.45, 7) is 2.16. The molecule has 72 valence electrons. The summed E-state index contributed by atoms with van der Waals surface area (Å²) in [5, 5.41) is 4.38. The molecule has 0 spiro atoms. The molecule has 2 nitrogen and oxygen atoms in total. The van der Waals surface area contributed by atoms with Crippen molar-refractivity contribution in [1.29, 1.82) is 0 Å². The monoisotopic (exact) mass is 186 g/mol. The lowest BCUT2D eigenvalue weighted by Crippen LogP contribution is -1.91. The van der Waals surface area contributed by atoms with Crippen molar-refractivity contribution in [2.24, 2.45) is 0 Å². The standard InChI is InChI=1S/C12H14N2/c1-3-9-4-5-12-10(8-9)11(13-2)6-7-14-12/h4-8H,3H2,1-2H3,(H,13,14). The van der Waals surface area contributed by atoms with Gasteiger partial charge >= 0.3 is 0 Å². The Morgan fingerprint density at radius 1 is 1.29 bits per heavy atom. The second-order valence-electron chi connectivity index (χ2n) is 3.31. The first-order valence-electron chi connectivity index (χ1n) is 4.90. The van der Waals surface area contributed by atoms with Crippen molar-refractivity contribution in [3.05, 3.63) is 36.0 Å². The number of nitrogens with zero attached hydrogens (tertiary/aromatic N) is 1. The van der Waals surface area contributed by atoms with Gasteiger partial charge in [0.2, 0.25) is 0 Å². The van der Waals surface area contributed by atoms with Crippen molar-refractivity contribution in [1.82, 2.24) is 4.98 Å². The smallest absolute Gasteiger partial charge is 0.0722 e. The zero-order chi connectivity index (χ0) is 9.97. The van der Waals surface area contributed by atoms with Gasteiger partial charge in [-0.2, -0.15) is 0 Å². The van der Waals surface area contributed by atoms with Crippen LogP contribution in [0.4, 0.5) is 5.69 Å². The third-order valence-electron chi connectivity index (χ3n) is 2.48. The van der Waals surface area contributed by atoms with Gasteiger partial charge in [-0.15, -0.1) is 0 Å². The lowest BCUT2D eigenvalue weighted by Gasteiger charge is -2.06. The number of nitrogens with one attached hydrogen (secondary N) is 1. The van der Waals surface area contributed by atoms with Crippen LogP contribution in [-0.4, -0.2) is 12.0 Å². The quantitative estimate of drug-likeness (QED) is 0.780. The number of hydrogen-bond donors (Lipinski definition) is 1. The lowest BCUT2D eigenvalue weighted by molar-refractivity contribution is 1.14. The summed E-state index contributed by atoms with van der Waals surface area (Å²) < 4.78 is 0. The van der Waals surface area contributed by atoms with Crippen LogP contribution in [-0.2, 0) is 6.42 Å². The van der Waals surface area contributed by atoms with Gasteiger partial charge < -0.3 is 5.32 Å². The highest BCUT2D eigenvalue weighted by atomic mass is 14.8. The Bertz CT molecular complexity index is 449. The Hall–Kier alpha value is -1.57. The van der Waals surface area contributed by atoms with E-state index in [1.165, 1.54) is 10.9 Å². The van der Waals surface area contributed by atoms with E-state index < -0.39 is 0 Å². The summed E-state index contributed by atoms with van der Waals surface area (Å²) in [6, 6.07) is 8.42. The van der Waals surface area contributed by atoms with Gasteiger partial charge in [-0.3, -0.25) is 4.98 Å². The SMILES string of the molecule is CCc1ccc2nccc(NC)c2c1. The molecule has 1 aromatic heterocycles. The second kappa shape index (κ2) is 3.66. The van der Waals surface area contributed by atoms with Gasteiger partial charge in [0.05, 0.1) is 5.52 Å². The van der Waals surface area contributed by atoms with E-state index in [1.54, 1.807) is 0 Å². The van der Waals surface area contributed by atoms with Crippen LogP contribution >= 0.6 is 0 Å². The summed E-state index contributed by atoms with van der Waals surface area (Å²) in [4.78, 5) is 4.33. The van der Waals surface area contributed by atoms with Crippen LogP contribution in [0, 0.1) is 0 Å². The van der Waals surface area contributed by atoms with Crippen molar-refractivity contribution < 1.29 is 0 Å². The highest BCUT2D eigenvalue weighted by Crippen LogP contribution is 2.22. The molecule has 2 rings (SSSR count). The number of hydrogen-bond acceptors (Lipinski definition) is 2. The van der Waals surface area contributed by atoms with Crippen LogP contribution in [0.25, 0.3) is 10.9 Å². The van der Waals surface area contributed by atoms with Crippen LogP contribution in [0.1, 0.15) is 12.5 Å². The van der Waals surface area contributed by atoms with Crippen LogP contribution in [0.15, 0.2) is 30.5 Å². The molecule has 1 heterocycles. The van der Waals surface area contributed by atoms with E-state index in [2.05, 4.69) is 35.4 Å². The summed E-state index contributed by atoms with van der Waals surface area (Å²) in [5.41, 5.74) is 3.54. The molecular formula is C12H14N2. The van der Waals surface area contributed by atoms with Gasteiger partial charge in [0.25, 0.3) is 0 Å². The van der Waals surface area contributed by atoms with Gasteiger partial charge in [-0.1, -0.05) is 13.0 Å². The third kappa shape index (κ3) is 1.43. The number of rotatable bonds is 2. The maximum Gasteiger partial charge on any atom is 0.0722 e. The summed E-state index contributed by atoms with van der Waals surface area (Å²) in [6.07, 6.45) is 2.90. The molecule has 0 saturated heterocycles. The fourth-order valence-corrected chi connectivity index (χ4v) is 1.63. The van der Waals surface area contributed by atoms with Crippen LogP contribution in [0.2, 0.25) is 0 Å². The summed E-state index contributed by atoms with van der Waals surface area (Å²) in [5.74, 6) is 0. The zero-order valence-corrected chi connectivity index (χ0v) is 8.54. The first-order valence-corrected chi connectivity index (χ1v) is 4.90. The first kappa shape index (κ1) is 9.00. The highest BCUT2D eigenvalue weighted by molar-refractivity contribution is 5.91. The zero-order valence-electron chi connectivity index (χ0n) is 8.54. The molecule has 0 radical (unpaired) electrons. The first-order chi connectivity index (χ1) is 6.85. The molecule has 0 amide bonds. The molecule has 0 unspecified atom stereocenters. The maximum absolute atomic E-state index is 4.33. The van der Waals surface area contributed by atoms with Crippen molar-refractivity contribution in [3.8, 4) is 0 Å². The predicted molar refractivity (Wildman–Crippen MR) is 60.7 cm³/mol. The lowest BCUT2D eigenvalue weighted by atomic mass is 10.1. The number of aryl methyl sites for hydroxylation is 1. The number of aromatic nitrogens is 1. The normalized spacial score (nSPS) is 10.4. The molecule has 0 bridgehead atoms. The summed E-state index contributed by atoms with van der Waals surface area (Å²) in [7, 11) is 1.94. The molecule has 0 aliphatic rings. The van der Waals surface area contributed by atoms with Gasteiger partial charge in [0.1, 0.15) is 0 Å². The molecule has 0 fully saturated rings. The molecular weight excluding hydrogens is 172 g/mol. The average Bonchev–Trinajstić information content (AvgIpc) is 2.27. The van der Waals surface area contributed by atoms with Crippen LogP contribution < -0.4 is 5.32 Å². The number of pyridine rings is 1. The molecule has 0 saturated carbocycles. The minimum Gasteiger partial charge on any atom is -0.388 e. The molecule has 2 aromatic rings. The topological polar surface area (TPSA) is 24.9 Å². The molecule has 1 aromatic carbocycles. The van der Waals surface area contributed by atoms with E-state index in [4.69, 9.17) is 0 Å². The Morgan fingerprint density at radius 2 is 2.14 bits per heavy atom. The number of benzene rings is 1. The average molecular weight is 186 g/mol. The molecule has 2 heteroatoms. The van der Waals surface area contributed by atoms with Crippen LogP contribution in [0.3, 0.4) is 0 Å². The van der Waals surface area contributed by atoms with Crippen molar-refractivity contribution in [3.63, 3.8) is 0 Å². The maximum atomic E-state index is 4.33. The van der Waals surface area contributed by atoms with Crippen LogP contribution in [0.5, 0.6) is 0 Å². The van der Waals surface area contributed by atoms with Gasteiger partial charge in [0.15, 0.2) is 0 Å². The fraction of sp³-hybridized carbons (Fsp3) is 0.250. The Balaban J connectivity index is 2.70. The highest BCUT2D eigenvalue weighted by Gasteiger charge is 2.00.